The maximum absolute atomic E-state index is 14.0. The number of esters is 1. The predicted octanol–water partition coefficient (Wildman–Crippen LogP) is 2.19. The van der Waals surface area contributed by atoms with Crippen LogP contribution in [0.1, 0.15) is 26.3 Å². The van der Waals surface area contributed by atoms with Crippen LogP contribution in [0.25, 0.3) is 11.4 Å². The van der Waals surface area contributed by atoms with E-state index in [1.165, 1.54) is 18.5 Å². The Labute approximate surface area is 150 Å². The van der Waals surface area contributed by atoms with Crippen molar-refractivity contribution in [1.29, 1.82) is 0 Å². The molecule has 2 aromatic rings. The smallest absolute Gasteiger partial charge is 0.320 e. The zero-order valence-electron chi connectivity index (χ0n) is 14.9. The molecule has 0 N–H and O–H groups in total. The van der Waals surface area contributed by atoms with Gasteiger partial charge in [-0.15, -0.1) is 20.4 Å². The third kappa shape index (κ3) is 6.40. The summed E-state index contributed by atoms with van der Waals surface area (Å²) < 4.78 is 32.1. The number of alkyl halides is 1. The lowest BCUT2D eigenvalue weighted by molar-refractivity contribution is -0.156. The highest BCUT2D eigenvalue weighted by Crippen LogP contribution is 2.19. The molecule has 26 heavy (non-hydrogen) atoms. The number of hydrogen-bond donors (Lipinski definition) is 0. The Bertz CT molecular complexity index is 738. The van der Waals surface area contributed by atoms with Gasteiger partial charge in [0.15, 0.2) is 6.33 Å². The molecule has 0 spiro atoms. The summed E-state index contributed by atoms with van der Waals surface area (Å²) in [5, 5.41) is 14.8. The molecule has 0 aliphatic heterocycles. The zero-order chi connectivity index (χ0) is 19.2. The fourth-order valence-electron chi connectivity index (χ4n) is 2.34. The van der Waals surface area contributed by atoms with Crippen LogP contribution in [-0.4, -0.2) is 56.6 Å². The molecule has 7 nitrogen and oxygen atoms in total. The maximum Gasteiger partial charge on any atom is 0.320 e. The van der Waals surface area contributed by atoms with Crippen molar-refractivity contribution in [3.8, 4) is 11.4 Å². The number of carbonyl (C=O) groups is 1. The van der Waals surface area contributed by atoms with Crippen LogP contribution in [-0.2, 0) is 16.1 Å². The highest BCUT2D eigenvalue weighted by Gasteiger charge is 2.19. The second-order valence-corrected chi connectivity index (χ2v) is 6.70. The molecule has 0 saturated carbocycles. The minimum absolute atomic E-state index is 0.0238. The number of rotatable bonds is 7. The SMILES string of the molecule is CC(C)(C)OC(=O)CN(CCF)Cc1cc(F)cc(-c2nncnn2)c1. The lowest BCUT2D eigenvalue weighted by atomic mass is 10.1. The highest BCUT2D eigenvalue weighted by molar-refractivity contribution is 5.72. The monoisotopic (exact) mass is 365 g/mol. The van der Waals surface area contributed by atoms with E-state index >= 15 is 0 Å². The summed E-state index contributed by atoms with van der Waals surface area (Å²) in [5.41, 5.74) is 0.317. The Morgan fingerprint density at radius 3 is 2.50 bits per heavy atom. The molecular formula is C17H21F2N5O2. The van der Waals surface area contributed by atoms with E-state index in [4.69, 9.17) is 4.74 Å². The molecule has 2 rings (SSSR count). The minimum atomic E-state index is -0.638. The topological polar surface area (TPSA) is 81.1 Å². The van der Waals surface area contributed by atoms with Crippen molar-refractivity contribution < 1.29 is 18.3 Å². The number of nitrogens with zero attached hydrogens (tertiary/aromatic N) is 5. The van der Waals surface area contributed by atoms with Gasteiger partial charge in [0.25, 0.3) is 0 Å². The van der Waals surface area contributed by atoms with Gasteiger partial charge in [0.05, 0.1) is 6.54 Å². The van der Waals surface area contributed by atoms with Crippen molar-refractivity contribution in [1.82, 2.24) is 25.3 Å². The molecular weight excluding hydrogens is 344 g/mol. The molecule has 0 radical (unpaired) electrons. The minimum Gasteiger partial charge on any atom is -0.459 e. The van der Waals surface area contributed by atoms with E-state index < -0.39 is 24.1 Å². The summed E-state index contributed by atoms with van der Waals surface area (Å²) in [4.78, 5) is 13.5. The maximum atomic E-state index is 14.0. The van der Waals surface area contributed by atoms with Crippen LogP contribution in [0, 0.1) is 5.82 Å². The summed E-state index contributed by atoms with van der Waals surface area (Å²) in [6, 6.07) is 4.23. The summed E-state index contributed by atoms with van der Waals surface area (Å²) in [6.07, 6.45) is 1.17. The van der Waals surface area contributed by atoms with E-state index in [1.54, 1.807) is 31.7 Å². The van der Waals surface area contributed by atoms with E-state index in [0.29, 0.717) is 11.1 Å². The van der Waals surface area contributed by atoms with Crippen LogP contribution < -0.4 is 0 Å². The van der Waals surface area contributed by atoms with Gasteiger partial charge in [-0.05, 0) is 44.5 Å². The van der Waals surface area contributed by atoms with Gasteiger partial charge < -0.3 is 4.74 Å². The van der Waals surface area contributed by atoms with Gasteiger partial charge in [0, 0.05) is 18.7 Å². The summed E-state index contributed by atoms with van der Waals surface area (Å²) in [6.45, 7) is 4.72. The molecule has 1 aromatic carbocycles. The van der Waals surface area contributed by atoms with Gasteiger partial charge in [-0.25, -0.2) is 8.78 Å². The lowest BCUT2D eigenvalue weighted by Gasteiger charge is -2.24. The van der Waals surface area contributed by atoms with E-state index in [0.717, 1.165) is 0 Å². The van der Waals surface area contributed by atoms with Crippen molar-refractivity contribution >= 4 is 5.97 Å². The highest BCUT2D eigenvalue weighted by atomic mass is 19.1. The van der Waals surface area contributed by atoms with E-state index in [1.807, 2.05) is 0 Å². The third-order valence-electron chi connectivity index (χ3n) is 3.20. The number of ether oxygens (including phenoxy) is 1. The van der Waals surface area contributed by atoms with E-state index in [9.17, 15) is 13.6 Å². The first-order chi connectivity index (χ1) is 12.3. The van der Waals surface area contributed by atoms with Crippen LogP contribution in [0.5, 0.6) is 0 Å². The first-order valence-corrected chi connectivity index (χ1v) is 8.07. The molecule has 0 bridgehead atoms. The second kappa shape index (κ2) is 8.70. The molecule has 0 saturated heterocycles. The first-order valence-electron chi connectivity index (χ1n) is 8.07. The van der Waals surface area contributed by atoms with Crippen LogP contribution in [0.4, 0.5) is 8.78 Å². The molecule has 0 atom stereocenters. The average molecular weight is 365 g/mol. The van der Waals surface area contributed by atoms with Gasteiger partial charge >= 0.3 is 5.97 Å². The number of hydrogen-bond acceptors (Lipinski definition) is 7. The van der Waals surface area contributed by atoms with Crippen LogP contribution in [0.2, 0.25) is 0 Å². The summed E-state index contributed by atoms with van der Waals surface area (Å²) >= 11 is 0. The van der Waals surface area contributed by atoms with Gasteiger partial charge in [-0.1, -0.05) is 0 Å². The molecule has 1 aromatic heterocycles. The van der Waals surface area contributed by atoms with Gasteiger partial charge in [-0.2, -0.15) is 0 Å². The molecule has 0 unspecified atom stereocenters. The normalized spacial score (nSPS) is 11.6. The Morgan fingerprint density at radius 1 is 1.19 bits per heavy atom. The quantitative estimate of drug-likeness (QED) is 0.696. The van der Waals surface area contributed by atoms with Crippen molar-refractivity contribution in [2.45, 2.75) is 32.9 Å². The van der Waals surface area contributed by atoms with Crippen LogP contribution >= 0.6 is 0 Å². The fraction of sp³-hybridized carbons (Fsp3) is 0.471. The lowest BCUT2D eigenvalue weighted by Crippen LogP contribution is -2.35. The van der Waals surface area contributed by atoms with Gasteiger partial charge in [0.2, 0.25) is 5.82 Å². The van der Waals surface area contributed by atoms with E-state index in [-0.39, 0.29) is 25.5 Å². The number of aromatic nitrogens is 4. The van der Waals surface area contributed by atoms with Crippen LogP contribution in [0.3, 0.4) is 0 Å². The van der Waals surface area contributed by atoms with Crippen molar-refractivity contribution in [2.24, 2.45) is 0 Å². The molecule has 9 heteroatoms. The van der Waals surface area contributed by atoms with Gasteiger partial charge in [-0.3, -0.25) is 9.69 Å². The Balaban J connectivity index is 2.15. The van der Waals surface area contributed by atoms with E-state index in [2.05, 4.69) is 20.4 Å². The third-order valence-corrected chi connectivity index (χ3v) is 3.20. The standard InChI is InChI=1S/C17H21F2N5O2/c1-17(2,3)26-15(25)10-24(5-4-18)9-12-6-13(8-14(19)7-12)16-22-20-11-21-23-16/h6-8,11H,4-5,9-10H2,1-3H3. The van der Waals surface area contributed by atoms with Crippen LogP contribution in [0.15, 0.2) is 24.5 Å². The molecule has 0 aliphatic carbocycles. The van der Waals surface area contributed by atoms with Crippen molar-refractivity contribution in [2.75, 3.05) is 19.8 Å². The molecule has 0 amide bonds. The number of carbonyl (C=O) groups excluding carboxylic acids is 1. The summed E-state index contributed by atoms with van der Waals surface area (Å²) in [5.74, 6) is -0.790. The summed E-state index contributed by atoms with van der Waals surface area (Å²) in [7, 11) is 0. The zero-order valence-corrected chi connectivity index (χ0v) is 14.9. The second-order valence-electron chi connectivity index (χ2n) is 6.70. The fourth-order valence-corrected chi connectivity index (χ4v) is 2.34. The number of halogens is 2. The average Bonchev–Trinajstić information content (AvgIpc) is 2.53. The Morgan fingerprint density at radius 2 is 1.88 bits per heavy atom. The largest absolute Gasteiger partial charge is 0.459 e. The molecule has 140 valence electrons. The molecule has 0 aliphatic rings. The molecule has 1 heterocycles. The van der Waals surface area contributed by atoms with Gasteiger partial charge in [0.1, 0.15) is 18.1 Å². The Hall–Kier alpha value is -2.55. The first kappa shape index (κ1) is 19.8. The molecule has 0 fully saturated rings. The predicted molar refractivity (Wildman–Crippen MR) is 90.1 cm³/mol. The van der Waals surface area contributed by atoms with Crippen molar-refractivity contribution in [3.63, 3.8) is 0 Å². The Kier molecular flexibility index (Phi) is 6.62. The number of benzene rings is 1. The van der Waals surface area contributed by atoms with Crippen molar-refractivity contribution in [3.05, 3.63) is 35.9 Å².